The highest BCUT2D eigenvalue weighted by molar-refractivity contribution is 7.15. The number of H-pyrrole nitrogens is 1. The lowest BCUT2D eigenvalue weighted by Crippen LogP contribution is -1.73. The number of tetrazole rings is 1. The maximum atomic E-state index is 3.83. The maximum absolute atomic E-state index is 3.83. The number of aromatic amines is 1. The number of aryl methyl sites for hydroxylation is 1. The van der Waals surface area contributed by atoms with Gasteiger partial charge in [0, 0.05) is 4.88 Å². The van der Waals surface area contributed by atoms with Crippen LogP contribution in [0.5, 0.6) is 0 Å². The predicted octanol–water partition coefficient (Wildman–Crippen LogP) is 1.49. The second-order valence-corrected chi connectivity index (χ2v) is 3.54. The van der Waals surface area contributed by atoms with Gasteiger partial charge in [-0.1, -0.05) is 6.92 Å². The van der Waals surface area contributed by atoms with Gasteiger partial charge in [0.2, 0.25) is 0 Å². The fraction of sp³-hybridized carbons (Fsp3) is 0.286. The van der Waals surface area contributed by atoms with Gasteiger partial charge in [-0.25, -0.2) is 5.10 Å². The van der Waals surface area contributed by atoms with Crippen molar-refractivity contribution in [3.63, 3.8) is 0 Å². The average Bonchev–Trinajstić information content (AvgIpc) is 2.75. The molecule has 0 bridgehead atoms. The van der Waals surface area contributed by atoms with Crippen LogP contribution < -0.4 is 0 Å². The van der Waals surface area contributed by atoms with Crippen molar-refractivity contribution in [1.82, 2.24) is 20.6 Å². The van der Waals surface area contributed by atoms with Gasteiger partial charge >= 0.3 is 0 Å². The van der Waals surface area contributed by atoms with Gasteiger partial charge < -0.3 is 0 Å². The SMILES string of the molecule is CCc1ccc(-c2nnn[nH]2)s1. The van der Waals surface area contributed by atoms with Gasteiger partial charge in [0.05, 0.1) is 4.88 Å². The fourth-order valence-corrected chi connectivity index (χ4v) is 1.84. The Morgan fingerprint density at radius 1 is 1.50 bits per heavy atom. The first-order valence-electron chi connectivity index (χ1n) is 3.73. The first-order valence-corrected chi connectivity index (χ1v) is 4.54. The predicted molar refractivity (Wildman–Crippen MR) is 46.9 cm³/mol. The lowest BCUT2D eigenvalue weighted by atomic mass is 10.3. The normalized spacial score (nSPS) is 10.4. The molecule has 0 aromatic carbocycles. The van der Waals surface area contributed by atoms with Crippen LogP contribution in [-0.2, 0) is 6.42 Å². The highest BCUT2D eigenvalue weighted by Gasteiger charge is 2.03. The monoisotopic (exact) mass is 180 g/mol. The molecule has 2 aromatic heterocycles. The molecule has 1 N–H and O–H groups in total. The first-order chi connectivity index (χ1) is 5.90. The molecule has 5 heteroatoms. The largest absolute Gasteiger partial charge is 0.238 e. The van der Waals surface area contributed by atoms with Gasteiger partial charge in [0.15, 0.2) is 5.82 Å². The fourth-order valence-electron chi connectivity index (χ4n) is 0.959. The van der Waals surface area contributed by atoms with E-state index < -0.39 is 0 Å². The summed E-state index contributed by atoms with van der Waals surface area (Å²) in [5.41, 5.74) is 0. The number of nitrogens with zero attached hydrogens (tertiary/aromatic N) is 3. The second kappa shape index (κ2) is 3.02. The van der Waals surface area contributed by atoms with E-state index in [4.69, 9.17) is 0 Å². The number of nitrogens with one attached hydrogen (secondary N) is 1. The molecule has 0 atom stereocenters. The highest BCUT2D eigenvalue weighted by Crippen LogP contribution is 2.24. The number of hydrogen-bond donors (Lipinski definition) is 1. The molecule has 12 heavy (non-hydrogen) atoms. The second-order valence-electron chi connectivity index (χ2n) is 2.37. The van der Waals surface area contributed by atoms with E-state index in [0.29, 0.717) is 0 Å². The molecule has 2 aromatic rings. The molecule has 0 spiro atoms. The molecular formula is C7H8N4S. The third-order valence-electron chi connectivity index (χ3n) is 1.59. The van der Waals surface area contributed by atoms with Crippen LogP contribution >= 0.6 is 11.3 Å². The summed E-state index contributed by atoms with van der Waals surface area (Å²) >= 11 is 1.72. The first kappa shape index (κ1) is 7.42. The molecule has 4 nitrogen and oxygen atoms in total. The van der Waals surface area contributed by atoms with Crippen LogP contribution in [0.15, 0.2) is 12.1 Å². The molecule has 0 aliphatic carbocycles. The molecule has 62 valence electrons. The third-order valence-corrected chi connectivity index (χ3v) is 2.83. The van der Waals surface area contributed by atoms with Gasteiger partial charge in [0.25, 0.3) is 0 Å². The maximum Gasteiger partial charge on any atom is 0.189 e. The number of rotatable bonds is 2. The molecule has 0 amide bonds. The van der Waals surface area contributed by atoms with Crippen LogP contribution in [-0.4, -0.2) is 20.6 Å². The average molecular weight is 180 g/mol. The Morgan fingerprint density at radius 3 is 3.00 bits per heavy atom. The Bertz CT molecular complexity index is 351. The van der Waals surface area contributed by atoms with E-state index in [1.807, 2.05) is 6.07 Å². The molecule has 0 unspecified atom stereocenters. The zero-order chi connectivity index (χ0) is 8.39. The summed E-state index contributed by atoms with van der Waals surface area (Å²) in [6, 6.07) is 4.13. The summed E-state index contributed by atoms with van der Waals surface area (Å²) in [4.78, 5) is 2.44. The highest BCUT2D eigenvalue weighted by atomic mass is 32.1. The Labute approximate surface area is 73.6 Å². The van der Waals surface area contributed by atoms with E-state index in [9.17, 15) is 0 Å². The zero-order valence-electron chi connectivity index (χ0n) is 6.61. The molecule has 0 radical (unpaired) electrons. The minimum atomic E-state index is 0.750. The van der Waals surface area contributed by atoms with Crippen molar-refractivity contribution < 1.29 is 0 Å². The minimum absolute atomic E-state index is 0.750. The van der Waals surface area contributed by atoms with E-state index in [0.717, 1.165) is 17.1 Å². The molecule has 0 aliphatic heterocycles. The van der Waals surface area contributed by atoms with E-state index in [1.165, 1.54) is 4.88 Å². The van der Waals surface area contributed by atoms with Crippen molar-refractivity contribution >= 4 is 11.3 Å². The third kappa shape index (κ3) is 1.23. The molecule has 0 saturated heterocycles. The molecule has 0 saturated carbocycles. The minimum Gasteiger partial charge on any atom is -0.238 e. The van der Waals surface area contributed by atoms with Gasteiger partial charge in [-0.2, -0.15) is 0 Å². The van der Waals surface area contributed by atoms with E-state index in [-0.39, 0.29) is 0 Å². The summed E-state index contributed by atoms with van der Waals surface area (Å²) in [6.45, 7) is 2.13. The Kier molecular flexibility index (Phi) is 1.87. The molecule has 2 rings (SSSR count). The molecule has 0 fully saturated rings. The summed E-state index contributed by atoms with van der Waals surface area (Å²) in [6.07, 6.45) is 1.06. The van der Waals surface area contributed by atoms with Gasteiger partial charge in [-0.05, 0) is 29.0 Å². The topological polar surface area (TPSA) is 54.5 Å². The number of thiophene rings is 1. The van der Waals surface area contributed by atoms with E-state index in [2.05, 4.69) is 33.6 Å². The summed E-state index contributed by atoms with van der Waals surface area (Å²) in [7, 11) is 0. The van der Waals surface area contributed by atoms with Gasteiger partial charge in [-0.15, -0.1) is 16.4 Å². The number of hydrogen-bond acceptors (Lipinski definition) is 4. The Balaban J connectivity index is 2.35. The van der Waals surface area contributed by atoms with Crippen molar-refractivity contribution in [3.8, 4) is 10.7 Å². The zero-order valence-corrected chi connectivity index (χ0v) is 7.43. The van der Waals surface area contributed by atoms with Crippen LogP contribution in [0.3, 0.4) is 0 Å². The van der Waals surface area contributed by atoms with Crippen LogP contribution in [0.1, 0.15) is 11.8 Å². The van der Waals surface area contributed by atoms with E-state index in [1.54, 1.807) is 11.3 Å². The summed E-state index contributed by atoms with van der Waals surface area (Å²) < 4.78 is 0. The molecule has 2 heterocycles. The van der Waals surface area contributed by atoms with Crippen LogP contribution in [0.4, 0.5) is 0 Å². The lowest BCUT2D eigenvalue weighted by Gasteiger charge is -1.85. The smallest absolute Gasteiger partial charge is 0.189 e. The molecular weight excluding hydrogens is 172 g/mol. The van der Waals surface area contributed by atoms with Gasteiger partial charge in [-0.3, -0.25) is 0 Å². The van der Waals surface area contributed by atoms with Crippen molar-refractivity contribution in [2.45, 2.75) is 13.3 Å². The quantitative estimate of drug-likeness (QED) is 0.761. The Morgan fingerprint density at radius 2 is 2.42 bits per heavy atom. The Hall–Kier alpha value is -1.23. The van der Waals surface area contributed by atoms with Crippen molar-refractivity contribution in [1.29, 1.82) is 0 Å². The van der Waals surface area contributed by atoms with Crippen molar-refractivity contribution in [2.24, 2.45) is 0 Å². The lowest BCUT2D eigenvalue weighted by molar-refractivity contribution is 0.881. The van der Waals surface area contributed by atoms with Crippen LogP contribution in [0.25, 0.3) is 10.7 Å². The number of aromatic nitrogens is 4. The van der Waals surface area contributed by atoms with Crippen LogP contribution in [0.2, 0.25) is 0 Å². The standard InChI is InChI=1S/C7H8N4S/c1-2-5-3-4-6(12-5)7-8-10-11-9-7/h3-4H,2H2,1H3,(H,8,9,10,11). The van der Waals surface area contributed by atoms with Gasteiger partial charge in [0.1, 0.15) is 0 Å². The van der Waals surface area contributed by atoms with Crippen molar-refractivity contribution in [3.05, 3.63) is 17.0 Å². The van der Waals surface area contributed by atoms with E-state index >= 15 is 0 Å². The summed E-state index contributed by atoms with van der Waals surface area (Å²) in [5, 5.41) is 13.6. The molecule has 0 aliphatic rings. The summed E-state index contributed by atoms with van der Waals surface area (Å²) in [5.74, 6) is 0.750. The van der Waals surface area contributed by atoms with Crippen LogP contribution in [0, 0.1) is 0 Å². The van der Waals surface area contributed by atoms with Crippen molar-refractivity contribution in [2.75, 3.05) is 0 Å².